The molecule has 0 aromatic rings. The predicted octanol–water partition coefficient (Wildman–Crippen LogP) is 2.59. The van der Waals surface area contributed by atoms with Crippen molar-refractivity contribution >= 4 is 22.6 Å². The third-order valence-electron chi connectivity index (χ3n) is 2.71. The largest absolute Gasteiger partial charge is 0.314 e. The van der Waals surface area contributed by atoms with Crippen molar-refractivity contribution in [2.45, 2.75) is 43.1 Å². The Hall–Kier alpha value is 0.690. The van der Waals surface area contributed by atoms with Gasteiger partial charge in [-0.15, -0.1) is 0 Å². The summed E-state index contributed by atoms with van der Waals surface area (Å²) in [4.78, 5) is 0. The quantitative estimate of drug-likeness (QED) is 0.599. The van der Waals surface area contributed by atoms with E-state index in [-0.39, 0.29) is 0 Å². The molecule has 11 heavy (non-hydrogen) atoms. The van der Waals surface area contributed by atoms with Gasteiger partial charge in [-0.25, -0.2) is 0 Å². The summed E-state index contributed by atoms with van der Waals surface area (Å²) in [6.07, 6.45) is 4.18. The molecular formula is C9H18IN. The summed E-state index contributed by atoms with van der Waals surface area (Å²) in [5.74, 6) is 0.830. The van der Waals surface area contributed by atoms with Crippen molar-refractivity contribution in [3.63, 3.8) is 0 Å². The summed E-state index contributed by atoms with van der Waals surface area (Å²) in [7, 11) is 0. The molecule has 0 bridgehead atoms. The maximum absolute atomic E-state index is 3.60. The Balaban J connectivity index is 2.32. The Morgan fingerprint density at radius 2 is 2.09 bits per heavy atom. The monoisotopic (exact) mass is 267 g/mol. The van der Waals surface area contributed by atoms with E-state index in [1.165, 1.54) is 25.8 Å². The van der Waals surface area contributed by atoms with Crippen LogP contribution in [0.4, 0.5) is 0 Å². The second-order valence-corrected chi connectivity index (χ2v) is 5.56. The lowest BCUT2D eigenvalue weighted by Gasteiger charge is -2.30. The minimum atomic E-state index is 0.788. The smallest absolute Gasteiger partial charge is 0.0122 e. The standard InChI is InChI=1S/C9H18IN/c1-7(8(2)10)9-5-3-4-6-11-9/h7-9,11H,3-6H2,1-2H3/t7?,8?,9-/m0/s1. The number of alkyl halides is 1. The fourth-order valence-electron chi connectivity index (χ4n) is 1.65. The summed E-state index contributed by atoms with van der Waals surface area (Å²) in [6, 6.07) is 0.788. The average molecular weight is 267 g/mol. The van der Waals surface area contributed by atoms with E-state index < -0.39 is 0 Å². The normalized spacial score (nSPS) is 31.4. The van der Waals surface area contributed by atoms with Crippen molar-refractivity contribution in [1.82, 2.24) is 5.32 Å². The number of nitrogens with one attached hydrogen (secondary N) is 1. The fourth-order valence-corrected chi connectivity index (χ4v) is 2.15. The van der Waals surface area contributed by atoms with Gasteiger partial charge in [0.15, 0.2) is 0 Å². The Labute approximate surface area is 83.5 Å². The number of hydrogen-bond donors (Lipinski definition) is 1. The molecule has 2 unspecified atom stereocenters. The zero-order chi connectivity index (χ0) is 8.27. The molecule has 1 nitrogen and oxygen atoms in total. The Morgan fingerprint density at radius 1 is 1.36 bits per heavy atom. The zero-order valence-corrected chi connectivity index (χ0v) is 9.60. The molecule has 0 aromatic heterocycles. The molecule has 1 saturated heterocycles. The van der Waals surface area contributed by atoms with Crippen LogP contribution in [0.15, 0.2) is 0 Å². The van der Waals surface area contributed by atoms with Crippen LogP contribution in [0.2, 0.25) is 0 Å². The Kier molecular flexibility index (Phi) is 4.13. The van der Waals surface area contributed by atoms with Gasteiger partial charge in [0.05, 0.1) is 0 Å². The van der Waals surface area contributed by atoms with Crippen molar-refractivity contribution in [3.05, 3.63) is 0 Å². The topological polar surface area (TPSA) is 12.0 Å². The molecule has 1 heterocycles. The summed E-state index contributed by atoms with van der Waals surface area (Å²) in [5.41, 5.74) is 0. The first kappa shape index (κ1) is 9.78. The first-order chi connectivity index (χ1) is 5.22. The van der Waals surface area contributed by atoms with Gasteiger partial charge in [0.1, 0.15) is 0 Å². The second-order valence-electron chi connectivity index (χ2n) is 3.59. The summed E-state index contributed by atoms with van der Waals surface area (Å²) in [6.45, 7) is 5.90. The van der Waals surface area contributed by atoms with Crippen LogP contribution < -0.4 is 5.32 Å². The van der Waals surface area contributed by atoms with Crippen LogP contribution in [-0.2, 0) is 0 Å². The molecule has 1 aliphatic rings. The maximum atomic E-state index is 3.60. The second kappa shape index (κ2) is 4.65. The number of hydrogen-bond acceptors (Lipinski definition) is 1. The molecule has 1 N–H and O–H groups in total. The van der Waals surface area contributed by atoms with Gasteiger partial charge in [-0.3, -0.25) is 0 Å². The molecule has 3 atom stereocenters. The molecule has 0 radical (unpaired) electrons. The van der Waals surface area contributed by atoms with Crippen molar-refractivity contribution in [2.75, 3.05) is 6.54 Å². The van der Waals surface area contributed by atoms with Gasteiger partial charge in [0.2, 0.25) is 0 Å². The molecule has 2 heteroatoms. The van der Waals surface area contributed by atoms with Crippen molar-refractivity contribution in [1.29, 1.82) is 0 Å². The highest BCUT2D eigenvalue weighted by atomic mass is 127. The van der Waals surface area contributed by atoms with E-state index in [1.54, 1.807) is 0 Å². The first-order valence-corrected chi connectivity index (χ1v) is 5.84. The van der Waals surface area contributed by atoms with Crippen molar-refractivity contribution < 1.29 is 0 Å². The van der Waals surface area contributed by atoms with Gasteiger partial charge in [0.25, 0.3) is 0 Å². The van der Waals surface area contributed by atoms with Crippen LogP contribution in [0.25, 0.3) is 0 Å². The summed E-state index contributed by atoms with van der Waals surface area (Å²) in [5, 5.41) is 3.60. The van der Waals surface area contributed by atoms with Crippen LogP contribution in [0, 0.1) is 5.92 Å². The number of halogens is 1. The lowest BCUT2D eigenvalue weighted by Crippen LogP contribution is -2.41. The Bertz CT molecular complexity index is 108. The van der Waals surface area contributed by atoms with Crippen LogP contribution in [0.3, 0.4) is 0 Å². The molecule has 1 fully saturated rings. The summed E-state index contributed by atoms with van der Waals surface area (Å²) >= 11 is 2.53. The third kappa shape index (κ3) is 2.90. The van der Waals surface area contributed by atoms with Gasteiger partial charge in [-0.05, 0) is 25.3 Å². The van der Waals surface area contributed by atoms with E-state index >= 15 is 0 Å². The van der Waals surface area contributed by atoms with Crippen LogP contribution in [0.1, 0.15) is 33.1 Å². The van der Waals surface area contributed by atoms with Gasteiger partial charge in [0, 0.05) is 9.97 Å². The van der Waals surface area contributed by atoms with Gasteiger partial charge >= 0.3 is 0 Å². The van der Waals surface area contributed by atoms with E-state index in [1.807, 2.05) is 0 Å². The molecule has 0 aromatic carbocycles. The minimum absolute atomic E-state index is 0.788. The fraction of sp³-hybridized carbons (Fsp3) is 1.00. The number of rotatable bonds is 2. The van der Waals surface area contributed by atoms with Gasteiger partial charge < -0.3 is 5.32 Å². The highest BCUT2D eigenvalue weighted by Crippen LogP contribution is 2.22. The molecule has 0 amide bonds. The molecule has 0 spiro atoms. The zero-order valence-electron chi connectivity index (χ0n) is 7.44. The highest BCUT2D eigenvalue weighted by Gasteiger charge is 2.22. The van der Waals surface area contributed by atoms with E-state index in [0.717, 1.165) is 15.9 Å². The molecular weight excluding hydrogens is 249 g/mol. The SMILES string of the molecule is CC(I)C(C)[C@@H]1CCCCN1. The average Bonchev–Trinajstić information content (AvgIpc) is 2.05. The van der Waals surface area contributed by atoms with Gasteiger partial charge in [-0.1, -0.05) is 42.9 Å². The van der Waals surface area contributed by atoms with E-state index in [4.69, 9.17) is 0 Å². The van der Waals surface area contributed by atoms with E-state index in [0.29, 0.717) is 0 Å². The maximum Gasteiger partial charge on any atom is 0.0122 e. The number of piperidine rings is 1. The lowest BCUT2D eigenvalue weighted by atomic mass is 9.92. The molecule has 1 rings (SSSR count). The molecule has 0 aliphatic carbocycles. The van der Waals surface area contributed by atoms with E-state index in [2.05, 4.69) is 41.8 Å². The van der Waals surface area contributed by atoms with Crippen molar-refractivity contribution in [3.8, 4) is 0 Å². The third-order valence-corrected chi connectivity index (χ3v) is 3.84. The molecule has 0 saturated carbocycles. The predicted molar refractivity (Wildman–Crippen MR) is 58.3 cm³/mol. The Morgan fingerprint density at radius 3 is 2.55 bits per heavy atom. The van der Waals surface area contributed by atoms with E-state index in [9.17, 15) is 0 Å². The van der Waals surface area contributed by atoms with Gasteiger partial charge in [-0.2, -0.15) is 0 Å². The van der Waals surface area contributed by atoms with Crippen LogP contribution in [-0.4, -0.2) is 16.5 Å². The first-order valence-electron chi connectivity index (χ1n) is 4.59. The van der Waals surface area contributed by atoms with Crippen molar-refractivity contribution in [2.24, 2.45) is 5.92 Å². The molecule has 66 valence electrons. The highest BCUT2D eigenvalue weighted by molar-refractivity contribution is 14.1. The molecule has 1 aliphatic heterocycles. The summed E-state index contributed by atoms with van der Waals surface area (Å²) < 4.78 is 0.795. The lowest BCUT2D eigenvalue weighted by molar-refractivity contribution is 0.313. The minimum Gasteiger partial charge on any atom is -0.314 e. The van der Waals surface area contributed by atoms with Crippen LogP contribution in [0.5, 0.6) is 0 Å². The van der Waals surface area contributed by atoms with Crippen LogP contribution >= 0.6 is 22.6 Å².